The molecule has 0 unspecified atom stereocenters. The van der Waals surface area contributed by atoms with Gasteiger partial charge in [-0.25, -0.2) is 0 Å². The molecule has 0 aliphatic carbocycles. The highest BCUT2D eigenvalue weighted by Crippen LogP contribution is 2.40. The number of halogens is 4. The zero-order chi connectivity index (χ0) is 31.6. The van der Waals surface area contributed by atoms with Gasteiger partial charge in [-0.2, -0.15) is 13.2 Å². The minimum Gasteiger partial charge on any atom is -0.543 e. The van der Waals surface area contributed by atoms with E-state index < -0.39 is 26.0 Å². The van der Waals surface area contributed by atoms with E-state index >= 15 is 0 Å². The van der Waals surface area contributed by atoms with Gasteiger partial charge >= 0.3 is 6.18 Å². The van der Waals surface area contributed by atoms with Gasteiger partial charge in [0.05, 0.1) is 17.7 Å². The predicted molar refractivity (Wildman–Crippen MR) is 168 cm³/mol. The van der Waals surface area contributed by atoms with Gasteiger partial charge in [-0.15, -0.1) is 0 Å². The van der Waals surface area contributed by atoms with Gasteiger partial charge in [0, 0.05) is 37.8 Å². The molecule has 0 spiro atoms. The minimum atomic E-state index is -4.61. The van der Waals surface area contributed by atoms with Crippen molar-refractivity contribution in [2.45, 2.75) is 64.1 Å². The summed E-state index contributed by atoms with van der Waals surface area (Å²) in [6, 6.07) is 18.6. The minimum absolute atomic E-state index is 0.0115. The fraction of sp³-hybridized carbons (Fsp3) is 0.424. The van der Waals surface area contributed by atoms with Crippen LogP contribution in [0, 0.1) is 0 Å². The number of hydrogen-bond donors (Lipinski definition) is 0. The van der Waals surface area contributed by atoms with Crippen LogP contribution in [0.1, 0.15) is 47.8 Å². The van der Waals surface area contributed by atoms with E-state index in [0.717, 1.165) is 23.3 Å². The highest BCUT2D eigenvalue weighted by molar-refractivity contribution is 6.74. The standard InChI is InChI=1S/C33H40ClF3N2O3Si/c1-32(2,3)43(5,6)42-30-17-24(12-13-29(30)34)16-27-22-38(21-23-10-8-7-9-11-23)14-15-39(27)31(40)25-18-26(33(35,36)37)20-28(19-25)41-4/h7-13,17-20,27H,14-16,21-22H2,1-6H3/t27-/m1/s1. The van der Waals surface area contributed by atoms with Gasteiger partial charge in [0.2, 0.25) is 0 Å². The van der Waals surface area contributed by atoms with E-state index in [1.165, 1.54) is 13.2 Å². The van der Waals surface area contributed by atoms with E-state index in [1.807, 2.05) is 36.4 Å². The first-order valence-corrected chi connectivity index (χ1v) is 17.7. The van der Waals surface area contributed by atoms with E-state index in [2.05, 4.69) is 50.9 Å². The summed E-state index contributed by atoms with van der Waals surface area (Å²) in [5, 5.41) is 0.495. The van der Waals surface area contributed by atoms with E-state index in [1.54, 1.807) is 4.90 Å². The average molecular weight is 633 g/mol. The van der Waals surface area contributed by atoms with Crippen molar-refractivity contribution in [1.29, 1.82) is 0 Å². The number of rotatable bonds is 8. The lowest BCUT2D eigenvalue weighted by molar-refractivity contribution is -0.137. The Labute approximate surface area is 258 Å². The highest BCUT2D eigenvalue weighted by Gasteiger charge is 2.40. The van der Waals surface area contributed by atoms with Crippen LogP contribution < -0.4 is 9.16 Å². The quantitative estimate of drug-likeness (QED) is 0.234. The molecule has 10 heteroatoms. The summed E-state index contributed by atoms with van der Waals surface area (Å²) in [6.45, 7) is 13.0. The molecule has 232 valence electrons. The fourth-order valence-electron chi connectivity index (χ4n) is 4.97. The smallest absolute Gasteiger partial charge is 0.416 e. The lowest BCUT2D eigenvalue weighted by Crippen LogP contribution is -2.55. The molecular weight excluding hydrogens is 593 g/mol. The molecule has 0 N–H and O–H groups in total. The molecule has 0 saturated carbocycles. The first kappa shape index (κ1) is 32.9. The molecule has 4 rings (SSSR count). The van der Waals surface area contributed by atoms with Crippen LogP contribution in [0.3, 0.4) is 0 Å². The third kappa shape index (κ3) is 8.13. The maximum Gasteiger partial charge on any atom is 0.416 e. The lowest BCUT2D eigenvalue weighted by Gasteiger charge is -2.42. The number of amides is 1. The molecule has 1 aliphatic heterocycles. The van der Waals surface area contributed by atoms with Gasteiger partial charge in [0.15, 0.2) is 0 Å². The topological polar surface area (TPSA) is 42.0 Å². The number of ether oxygens (including phenoxy) is 1. The molecular formula is C33H40ClF3N2O3Si. The third-order valence-corrected chi connectivity index (χ3v) is 13.1. The van der Waals surface area contributed by atoms with Crippen LogP contribution in [-0.4, -0.2) is 56.8 Å². The van der Waals surface area contributed by atoms with Crippen LogP contribution in [0.25, 0.3) is 0 Å². The molecule has 1 saturated heterocycles. The predicted octanol–water partition coefficient (Wildman–Crippen LogP) is 8.32. The molecule has 1 atom stereocenters. The Hall–Kier alpha value is -3.01. The molecule has 1 amide bonds. The van der Waals surface area contributed by atoms with Crippen molar-refractivity contribution >= 4 is 25.8 Å². The summed E-state index contributed by atoms with van der Waals surface area (Å²) >= 11 is 6.57. The highest BCUT2D eigenvalue weighted by atomic mass is 35.5. The summed E-state index contributed by atoms with van der Waals surface area (Å²) in [5.41, 5.74) is 1.12. The van der Waals surface area contributed by atoms with Crippen LogP contribution in [0.5, 0.6) is 11.5 Å². The molecule has 0 aromatic heterocycles. The van der Waals surface area contributed by atoms with E-state index in [0.29, 0.717) is 43.4 Å². The number of piperazine rings is 1. The number of carbonyl (C=O) groups excluding carboxylic acids is 1. The zero-order valence-corrected chi connectivity index (χ0v) is 27.4. The Balaban J connectivity index is 1.66. The van der Waals surface area contributed by atoms with E-state index in [-0.39, 0.29) is 22.4 Å². The van der Waals surface area contributed by atoms with Crippen LogP contribution >= 0.6 is 11.6 Å². The second kappa shape index (κ2) is 12.9. The summed E-state index contributed by atoms with van der Waals surface area (Å²) in [6.07, 6.45) is -4.13. The van der Waals surface area contributed by atoms with E-state index in [9.17, 15) is 18.0 Å². The molecule has 1 fully saturated rings. The number of carbonyl (C=O) groups is 1. The first-order valence-electron chi connectivity index (χ1n) is 14.4. The van der Waals surface area contributed by atoms with Crippen LogP contribution in [0.2, 0.25) is 23.2 Å². The molecule has 3 aromatic rings. The Kier molecular flexibility index (Phi) is 9.88. The summed E-state index contributed by atoms with van der Waals surface area (Å²) in [5.74, 6) is 0.145. The van der Waals surface area contributed by atoms with E-state index in [4.69, 9.17) is 20.8 Å². The van der Waals surface area contributed by atoms with Gasteiger partial charge < -0.3 is 14.1 Å². The molecule has 0 radical (unpaired) electrons. The maximum absolute atomic E-state index is 13.9. The van der Waals surface area contributed by atoms with Crippen LogP contribution in [0.4, 0.5) is 13.2 Å². The number of benzene rings is 3. The molecule has 0 bridgehead atoms. The van der Waals surface area contributed by atoms with Gasteiger partial charge in [0.1, 0.15) is 11.5 Å². The Bertz CT molecular complexity index is 1430. The van der Waals surface area contributed by atoms with Gasteiger partial charge in [0.25, 0.3) is 14.2 Å². The second-order valence-electron chi connectivity index (χ2n) is 12.7. The SMILES string of the molecule is COc1cc(C(=O)N2CCN(Cc3ccccc3)C[C@H]2Cc2ccc(Cl)c(O[Si](C)(C)C(C)(C)C)c2)cc(C(F)(F)F)c1. The number of nitrogens with zero attached hydrogens (tertiary/aromatic N) is 2. The molecule has 5 nitrogen and oxygen atoms in total. The molecule has 1 heterocycles. The monoisotopic (exact) mass is 632 g/mol. The lowest BCUT2D eigenvalue weighted by atomic mass is 9.99. The van der Waals surface area contributed by atoms with Crippen molar-refractivity contribution in [2.75, 3.05) is 26.7 Å². The number of methoxy groups -OCH3 is 1. The zero-order valence-electron chi connectivity index (χ0n) is 25.6. The van der Waals surface area contributed by atoms with Gasteiger partial charge in [-0.3, -0.25) is 9.69 Å². The molecule has 3 aromatic carbocycles. The fourth-order valence-corrected chi connectivity index (χ4v) is 6.22. The van der Waals surface area contributed by atoms with Crippen molar-refractivity contribution in [3.8, 4) is 11.5 Å². The maximum atomic E-state index is 13.9. The number of hydrogen-bond acceptors (Lipinski definition) is 4. The van der Waals surface area contributed by atoms with Crippen molar-refractivity contribution in [3.63, 3.8) is 0 Å². The summed E-state index contributed by atoms with van der Waals surface area (Å²) in [7, 11) is -0.882. The largest absolute Gasteiger partial charge is 0.543 e. The third-order valence-electron chi connectivity index (χ3n) is 8.43. The van der Waals surface area contributed by atoms with Crippen LogP contribution in [-0.2, 0) is 19.1 Å². The first-order chi connectivity index (χ1) is 20.1. The average Bonchev–Trinajstić information content (AvgIpc) is 2.93. The molecule has 43 heavy (non-hydrogen) atoms. The Morgan fingerprint density at radius 2 is 1.67 bits per heavy atom. The summed E-state index contributed by atoms with van der Waals surface area (Å²) < 4.78 is 52.7. The second-order valence-corrected chi connectivity index (χ2v) is 17.8. The van der Waals surface area contributed by atoms with Gasteiger partial charge in [-0.1, -0.05) is 68.8 Å². The normalized spacial score (nSPS) is 16.7. The van der Waals surface area contributed by atoms with Crippen molar-refractivity contribution in [1.82, 2.24) is 9.80 Å². The molecule has 1 aliphatic rings. The van der Waals surface area contributed by atoms with Gasteiger partial charge in [-0.05, 0) is 66.0 Å². The van der Waals surface area contributed by atoms with Crippen molar-refractivity contribution < 1.29 is 27.1 Å². The Morgan fingerprint density at radius 3 is 2.30 bits per heavy atom. The van der Waals surface area contributed by atoms with Crippen molar-refractivity contribution in [2.24, 2.45) is 0 Å². The Morgan fingerprint density at radius 1 is 0.977 bits per heavy atom. The van der Waals surface area contributed by atoms with Crippen molar-refractivity contribution in [3.05, 3.63) is 94.0 Å². The van der Waals surface area contributed by atoms with Crippen LogP contribution in [0.15, 0.2) is 66.7 Å². The number of alkyl halides is 3. The summed E-state index contributed by atoms with van der Waals surface area (Å²) in [4.78, 5) is 17.8.